The van der Waals surface area contributed by atoms with Crippen molar-refractivity contribution >= 4 is 46.5 Å². The summed E-state index contributed by atoms with van der Waals surface area (Å²) in [6, 6.07) is 3.51. The van der Waals surface area contributed by atoms with Crippen LogP contribution in [0.5, 0.6) is 0 Å². The molecule has 0 saturated heterocycles. The molecule has 2 amide bonds. The summed E-state index contributed by atoms with van der Waals surface area (Å²) in [7, 11) is 1.41. The van der Waals surface area contributed by atoms with Gasteiger partial charge in [0.15, 0.2) is 0 Å². The summed E-state index contributed by atoms with van der Waals surface area (Å²) in [5.74, 6) is -6.82. The van der Waals surface area contributed by atoms with E-state index in [1.807, 2.05) is 0 Å². The molecule has 4 rings (SSSR count). The summed E-state index contributed by atoms with van der Waals surface area (Å²) >= 11 is 11.9. The molecule has 0 atom stereocenters. The first-order chi connectivity index (χ1) is 15.9. The second kappa shape index (κ2) is 8.44. The highest BCUT2D eigenvalue weighted by molar-refractivity contribution is 6.48. The molecule has 0 aliphatic heterocycles. The number of carbonyl (C=O) groups excluding carboxylic acids is 3. The number of aromatic nitrogens is 4. The predicted octanol–water partition coefficient (Wildman–Crippen LogP) is 3.46. The highest BCUT2D eigenvalue weighted by atomic mass is 35.5. The Balaban J connectivity index is 1.55. The van der Waals surface area contributed by atoms with Gasteiger partial charge in [0.1, 0.15) is 17.2 Å². The maximum atomic E-state index is 13.6. The minimum atomic E-state index is -3.05. The molecular formula is C20H15Cl2F3N6O3. The number of aromatic amines is 1. The molecule has 3 aromatic rings. The lowest BCUT2D eigenvalue weighted by Gasteiger charge is -2.46. The maximum absolute atomic E-state index is 13.6. The van der Waals surface area contributed by atoms with Crippen molar-refractivity contribution in [1.82, 2.24) is 25.3 Å². The molecule has 0 radical (unpaired) electrons. The van der Waals surface area contributed by atoms with E-state index in [1.165, 1.54) is 29.9 Å². The number of amides is 2. The quantitative estimate of drug-likeness (QED) is 0.343. The van der Waals surface area contributed by atoms with E-state index in [9.17, 15) is 27.6 Å². The highest BCUT2D eigenvalue weighted by Gasteiger charge is 2.60. The van der Waals surface area contributed by atoms with Crippen LogP contribution in [0.3, 0.4) is 0 Å². The number of benzene rings is 1. The van der Waals surface area contributed by atoms with Crippen LogP contribution in [0, 0.1) is 5.82 Å². The second-order valence-electron chi connectivity index (χ2n) is 7.83. The fourth-order valence-electron chi connectivity index (χ4n) is 3.77. The lowest BCUT2D eigenvalue weighted by molar-refractivity contribution is -0.148. The van der Waals surface area contributed by atoms with Crippen molar-refractivity contribution in [3.63, 3.8) is 0 Å². The minimum Gasteiger partial charge on any atom is -0.345 e. The number of hydrogen-bond acceptors (Lipinski definition) is 5. The number of nitrogens with one attached hydrogen (secondary N) is 3. The molecule has 9 nitrogen and oxygen atoms in total. The number of Topliss-reactive ketones (excluding diaryl/α,β-unsaturated/α-hetero) is 1. The largest absolute Gasteiger partial charge is 0.345 e. The van der Waals surface area contributed by atoms with Gasteiger partial charge in [-0.1, -0.05) is 23.2 Å². The van der Waals surface area contributed by atoms with Gasteiger partial charge in [-0.3, -0.25) is 14.4 Å². The lowest BCUT2D eigenvalue weighted by Crippen LogP contribution is -2.61. The number of hydrogen-bond donors (Lipinski definition) is 3. The summed E-state index contributed by atoms with van der Waals surface area (Å²) < 4.78 is 41.8. The second-order valence-corrected chi connectivity index (χ2v) is 8.61. The summed E-state index contributed by atoms with van der Waals surface area (Å²) in [5, 5.41) is 13.8. The number of nitrogens with zero attached hydrogens (tertiary/aromatic N) is 3. The molecule has 1 aliphatic rings. The number of alkyl halides is 2. The van der Waals surface area contributed by atoms with E-state index >= 15 is 0 Å². The third-order valence-electron chi connectivity index (χ3n) is 5.34. The molecule has 1 aliphatic carbocycles. The van der Waals surface area contributed by atoms with Gasteiger partial charge in [-0.05, 0) is 18.2 Å². The van der Waals surface area contributed by atoms with Crippen molar-refractivity contribution in [2.45, 2.75) is 24.3 Å². The Labute approximate surface area is 199 Å². The van der Waals surface area contributed by atoms with E-state index < -0.39 is 47.7 Å². The number of anilines is 1. The first-order valence-corrected chi connectivity index (χ1v) is 10.4. The van der Waals surface area contributed by atoms with Crippen molar-refractivity contribution in [3.05, 3.63) is 63.4 Å². The molecule has 1 saturated carbocycles. The number of carbonyl (C=O) groups is 3. The number of halogens is 5. The van der Waals surface area contributed by atoms with Gasteiger partial charge >= 0.3 is 0 Å². The van der Waals surface area contributed by atoms with E-state index in [4.69, 9.17) is 23.2 Å². The first kappa shape index (κ1) is 23.8. The molecule has 14 heteroatoms. The van der Waals surface area contributed by atoms with E-state index in [0.717, 1.165) is 12.3 Å². The molecular weight excluding hydrogens is 500 g/mol. The van der Waals surface area contributed by atoms with Crippen LogP contribution in [0.1, 0.15) is 39.4 Å². The van der Waals surface area contributed by atoms with E-state index in [2.05, 4.69) is 26.0 Å². The zero-order chi connectivity index (χ0) is 24.8. The van der Waals surface area contributed by atoms with Gasteiger partial charge in [0.25, 0.3) is 23.5 Å². The molecule has 3 N–H and O–H groups in total. The van der Waals surface area contributed by atoms with Crippen LogP contribution in [0.15, 0.2) is 30.6 Å². The van der Waals surface area contributed by atoms with Crippen LogP contribution in [0.25, 0.3) is 0 Å². The summed E-state index contributed by atoms with van der Waals surface area (Å²) in [6.07, 6.45) is 0.818. The number of rotatable bonds is 6. The predicted molar refractivity (Wildman–Crippen MR) is 115 cm³/mol. The lowest BCUT2D eigenvalue weighted by atomic mass is 9.71. The van der Waals surface area contributed by atoms with Crippen molar-refractivity contribution in [3.8, 4) is 0 Å². The molecule has 0 bridgehead atoms. The summed E-state index contributed by atoms with van der Waals surface area (Å²) in [6.45, 7) is 0. The topological polar surface area (TPSA) is 122 Å². The smallest absolute Gasteiger partial charge is 0.293 e. The van der Waals surface area contributed by atoms with Crippen molar-refractivity contribution < 1.29 is 27.6 Å². The van der Waals surface area contributed by atoms with Gasteiger partial charge in [-0.15, -0.1) is 0 Å². The minimum absolute atomic E-state index is 0.0526. The van der Waals surface area contributed by atoms with Crippen molar-refractivity contribution in [2.24, 2.45) is 7.05 Å². The standard InChI is InChI=1S/C20H15Cl2F3N6O3/c1-31-6-10(14(22)15(31)17(33)27-9-2-3-12(23)11(21)4-9)16(32)18(34)28-19(7-20(24,25)8-19)13-5-26-30-29-13/h2-6H,7-8H2,1H3,(H,27,33)(H,28,34)(H,26,29,30). The molecule has 0 unspecified atom stereocenters. The fourth-order valence-corrected chi connectivity index (χ4v) is 4.31. The number of H-pyrrole nitrogens is 1. The van der Waals surface area contributed by atoms with Crippen LogP contribution in [-0.4, -0.2) is 43.5 Å². The Morgan fingerprint density at radius 3 is 2.50 bits per heavy atom. The molecule has 2 aromatic heterocycles. The molecule has 0 spiro atoms. The molecule has 2 heterocycles. The van der Waals surface area contributed by atoms with E-state index in [0.29, 0.717) is 0 Å². The van der Waals surface area contributed by atoms with Crippen molar-refractivity contribution in [1.29, 1.82) is 0 Å². The van der Waals surface area contributed by atoms with Gasteiger partial charge in [0.05, 0.1) is 27.3 Å². The zero-order valence-electron chi connectivity index (χ0n) is 17.3. The molecule has 1 aromatic carbocycles. The first-order valence-electron chi connectivity index (χ1n) is 9.64. The summed E-state index contributed by atoms with van der Waals surface area (Å²) in [5.41, 5.74) is -1.84. The average Bonchev–Trinajstić information content (AvgIpc) is 3.37. The van der Waals surface area contributed by atoms with Gasteiger partial charge < -0.3 is 15.2 Å². The molecule has 178 valence electrons. The van der Waals surface area contributed by atoms with E-state index in [-0.39, 0.29) is 32.7 Å². The summed E-state index contributed by atoms with van der Waals surface area (Å²) in [4.78, 5) is 38.2. The average molecular weight is 515 g/mol. The van der Waals surface area contributed by atoms with Gasteiger partial charge in [-0.25, -0.2) is 13.2 Å². The third kappa shape index (κ3) is 4.26. The van der Waals surface area contributed by atoms with Gasteiger partial charge in [-0.2, -0.15) is 15.4 Å². The molecule has 1 fully saturated rings. The van der Waals surface area contributed by atoms with Crippen LogP contribution >= 0.6 is 23.2 Å². The molecule has 34 heavy (non-hydrogen) atoms. The Morgan fingerprint density at radius 1 is 1.21 bits per heavy atom. The van der Waals surface area contributed by atoms with Crippen LogP contribution in [0.2, 0.25) is 10.0 Å². The van der Waals surface area contributed by atoms with Gasteiger partial charge in [0, 0.05) is 31.8 Å². The SMILES string of the molecule is Cn1cc(C(=O)C(=O)NC2(c3cn[nH]n3)CC(F)(F)C2)c(Cl)c1C(=O)Nc1ccc(F)c(Cl)c1. The fraction of sp³-hybridized carbons (Fsp3) is 0.250. The third-order valence-corrected chi connectivity index (χ3v) is 6.01. The Kier molecular flexibility index (Phi) is 5.90. The number of ketones is 1. The normalized spacial score (nSPS) is 15.9. The highest BCUT2D eigenvalue weighted by Crippen LogP contribution is 2.51. The monoisotopic (exact) mass is 514 g/mol. The maximum Gasteiger partial charge on any atom is 0.293 e. The Hall–Kier alpha value is -3.38. The van der Waals surface area contributed by atoms with Crippen LogP contribution in [-0.2, 0) is 17.4 Å². The van der Waals surface area contributed by atoms with Crippen molar-refractivity contribution in [2.75, 3.05) is 5.32 Å². The zero-order valence-corrected chi connectivity index (χ0v) is 18.8. The Morgan fingerprint density at radius 2 is 1.91 bits per heavy atom. The number of aryl methyl sites for hydroxylation is 1. The van der Waals surface area contributed by atoms with Gasteiger partial charge in [0.2, 0.25) is 0 Å². The van der Waals surface area contributed by atoms with Crippen LogP contribution < -0.4 is 10.6 Å². The Bertz CT molecular complexity index is 1300. The van der Waals surface area contributed by atoms with Crippen LogP contribution in [0.4, 0.5) is 18.9 Å². The van der Waals surface area contributed by atoms with E-state index in [1.54, 1.807) is 0 Å².